The molecule has 20 nitrogen and oxygen atoms in total. The summed E-state index contributed by atoms with van der Waals surface area (Å²) in [5.74, 6) is 5.53. The minimum Gasteiger partial charge on any atom is -0.399 e. The van der Waals surface area contributed by atoms with Crippen LogP contribution in [0.3, 0.4) is 0 Å². The van der Waals surface area contributed by atoms with Crippen LogP contribution in [0.5, 0.6) is 0 Å². The number of hydrogen-bond donors (Lipinski definition) is 8. The maximum absolute atomic E-state index is 13.2. The van der Waals surface area contributed by atoms with Gasteiger partial charge in [-0.2, -0.15) is 0 Å². The fourth-order valence-corrected chi connectivity index (χ4v) is 22.2. The quantitative estimate of drug-likeness (QED) is 0.0222. The lowest BCUT2D eigenvalue weighted by atomic mass is 9.85. The van der Waals surface area contributed by atoms with Gasteiger partial charge in [-0.15, -0.1) is 0 Å². The van der Waals surface area contributed by atoms with Crippen LogP contribution in [-0.4, -0.2) is 63.5 Å². The van der Waals surface area contributed by atoms with Gasteiger partial charge in [-0.3, -0.25) is 19.2 Å². The molecule has 0 spiro atoms. The third kappa shape index (κ3) is 25.8. The highest BCUT2D eigenvalue weighted by Gasteiger charge is 2.31. The van der Waals surface area contributed by atoms with Gasteiger partial charge in [0, 0.05) is 57.8 Å². The zero-order valence-corrected chi connectivity index (χ0v) is 80.9. The predicted molar refractivity (Wildman–Crippen MR) is 563 cm³/mol. The number of carbonyl (C=O) groups excluding carboxylic acids is 4. The Morgan fingerprint density at radius 1 is 0.259 bits per heavy atom. The summed E-state index contributed by atoms with van der Waals surface area (Å²) in [4.78, 5) is 92.2. The molecule has 0 saturated heterocycles. The highest BCUT2D eigenvalue weighted by Crippen LogP contribution is 2.42. The van der Waals surface area contributed by atoms with E-state index in [1.54, 1.807) is 0 Å². The van der Waals surface area contributed by atoms with E-state index in [1.165, 1.54) is 167 Å². The van der Waals surface area contributed by atoms with Crippen molar-refractivity contribution < 1.29 is 19.2 Å². The first-order chi connectivity index (χ1) is 68.1. The molecular weight excluding hydrogens is 1720 g/mol. The summed E-state index contributed by atoms with van der Waals surface area (Å²) in [6, 6.07) is 69.0. The molecule has 9 aromatic carbocycles. The second-order valence-electron chi connectivity index (χ2n) is 40.1. The first-order valence-electron chi connectivity index (χ1n) is 52.0. The van der Waals surface area contributed by atoms with Crippen LogP contribution in [0, 0.1) is 23.7 Å². The second-order valence-corrected chi connectivity index (χ2v) is 40.1. The van der Waals surface area contributed by atoms with Crippen LogP contribution in [-0.2, 0) is 122 Å². The van der Waals surface area contributed by atoms with Gasteiger partial charge in [0.2, 0.25) is 23.6 Å². The van der Waals surface area contributed by atoms with E-state index in [9.17, 15) is 19.2 Å². The van der Waals surface area contributed by atoms with Gasteiger partial charge in [-0.05, 0) is 249 Å². The topological polar surface area (TPSA) is 324 Å². The number of anilines is 8. The first-order valence-corrected chi connectivity index (χ1v) is 52.0. The Balaban J connectivity index is 0.000000123. The van der Waals surface area contributed by atoms with Crippen LogP contribution in [0.25, 0.3) is 55.8 Å². The largest absolute Gasteiger partial charge is 0.399 e. The number of fused-ring (bicyclic) bond motifs is 13. The number of nitrogens with one attached hydrogen (secondary N) is 4. The minimum atomic E-state index is -0.0487. The Morgan fingerprint density at radius 2 is 0.554 bits per heavy atom. The van der Waals surface area contributed by atoms with Gasteiger partial charge in [0.1, 0.15) is 0 Å². The number of benzene rings is 9. The molecule has 13 aromatic rings. The number of rotatable bonds is 27. The van der Waals surface area contributed by atoms with E-state index < -0.39 is 0 Å². The molecule has 20 heteroatoms. The SMILES string of the molecule is Nc1ccc2c(c1)CCc1nc(NC(=O)CCCc3ccccc3)c(CCC3CCCCC3)nc1-2.Nc1ccc2c(c1)CCc1nc(NC(=O)CCc3ccccc3)c(CCC3CCCCC3)nc1-2.Nc1ccc2c(c1)CCc1nc(NC(=O)Cc3ccc4ccccc4c3)c(CCC3CCCCC3)nc1-2.Nc1ccc2c(c1)CCc1nc(NC(=O)Cc3ccccc3)c(CCC3CCCCC3)nc1-2. The Bertz CT molecular complexity index is 6460. The smallest absolute Gasteiger partial charge is 0.229 e. The molecule has 0 unspecified atom stereocenters. The van der Waals surface area contributed by atoms with Gasteiger partial charge in [0.25, 0.3) is 0 Å². The number of amides is 4. The fourth-order valence-electron chi connectivity index (χ4n) is 22.2. The van der Waals surface area contributed by atoms with Gasteiger partial charge < -0.3 is 44.2 Å². The minimum absolute atomic E-state index is 0.000928. The van der Waals surface area contributed by atoms with E-state index in [0.717, 1.165) is 276 Å². The maximum atomic E-state index is 13.2. The van der Waals surface area contributed by atoms with Crippen molar-refractivity contribution in [1.82, 2.24) is 39.9 Å². The molecule has 8 aliphatic rings. The highest BCUT2D eigenvalue weighted by molar-refractivity contribution is 5.95. The van der Waals surface area contributed by atoms with Crippen LogP contribution in [0.4, 0.5) is 46.0 Å². The summed E-state index contributed by atoms with van der Waals surface area (Å²) >= 11 is 0. The summed E-state index contributed by atoms with van der Waals surface area (Å²) in [6.45, 7) is 0. The zero-order valence-electron chi connectivity index (χ0n) is 80.9. The molecule has 0 bridgehead atoms. The van der Waals surface area contributed by atoms with Crippen molar-refractivity contribution in [1.29, 1.82) is 0 Å². The summed E-state index contributed by atoms with van der Waals surface area (Å²) in [6.07, 6.45) is 45.1. The lowest BCUT2D eigenvalue weighted by molar-refractivity contribution is -0.117. The number of nitrogen functional groups attached to an aromatic ring is 4. The number of aromatic nitrogens is 8. The van der Waals surface area contributed by atoms with Crippen molar-refractivity contribution in [3.8, 4) is 45.0 Å². The zero-order chi connectivity index (χ0) is 95.2. The van der Waals surface area contributed by atoms with Gasteiger partial charge in [-0.25, -0.2) is 39.9 Å². The molecular formula is C119H136N16O4. The van der Waals surface area contributed by atoms with Gasteiger partial charge >= 0.3 is 0 Å². The molecule has 4 saturated carbocycles. The predicted octanol–water partition coefficient (Wildman–Crippen LogP) is 24.4. The molecule has 21 rings (SSSR count). The Hall–Kier alpha value is -13.4. The van der Waals surface area contributed by atoms with Crippen LogP contribution in [0.2, 0.25) is 0 Å². The molecule has 4 heterocycles. The van der Waals surface area contributed by atoms with E-state index in [1.807, 2.05) is 109 Å². The molecule has 0 aliphatic heterocycles. The monoisotopic (exact) mass is 1850 g/mol. The van der Waals surface area contributed by atoms with Crippen molar-refractivity contribution in [2.24, 2.45) is 23.7 Å². The summed E-state index contributed by atoms with van der Waals surface area (Å²) in [7, 11) is 0. The van der Waals surface area contributed by atoms with Crippen molar-refractivity contribution in [3.63, 3.8) is 0 Å². The van der Waals surface area contributed by atoms with Crippen LogP contribution < -0.4 is 44.2 Å². The average Bonchev–Trinajstić information content (AvgIpc) is 0.782. The molecule has 4 amide bonds. The maximum Gasteiger partial charge on any atom is 0.229 e. The van der Waals surface area contributed by atoms with Crippen LogP contribution >= 0.6 is 0 Å². The van der Waals surface area contributed by atoms with Crippen LogP contribution in [0.1, 0.15) is 263 Å². The van der Waals surface area contributed by atoms with E-state index in [0.29, 0.717) is 49.0 Å². The van der Waals surface area contributed by atoms with E-state index >= 15 is 0 Å². The molecule has 0 atom stereocenters. The van der Waals surface area contributed by atoms with E-state index in [4.69, 9.17) is 62.8 Å². The number of nitrogens with zero attached hydrogens (tertiary/aromatic N) is 8. The number of carbonyl (C=O) groups is 4. The molecule has 139 heavy (non-hydrogen) atoms. The third-order valence-electron chi connectivity index (χ3n) is 29.9. The standard InChI is InChI=1S/C32H34N4O.C30H36N4O.C29H34N4O.C28H32N4O/c33-26-14-15-27-25(20-26)13-17-28-31(27)34-29(16-11-21-6-2-1-3-7-21)32(35-28)36-30(37)19-22-10-12-23-8-4-5-9-24(23)18-22;31-24-16-17-25-23(20-24)15-19-26-29(25)32-27(18-14-22-10-5-2-6-11-22)30(33-26)34-28(35)13-7-12-21-8-3-1-4-9-21;30-23-14-15-24-22(19-23)13-17-25-28(24)31-26(16-11-20-7-3-1-4-8-20)29(32-25)33-27(34)18-12-21-9-5-2-6-10-21;29-22-13-14-23-21(18-22)12-16-24-27(23)30-25(15-11-19-7-3-1-4-8-19)28(31-24)32-26(33)17-20-9-5-2-6-10-20/h4-5,8-10,12,14-15,18,20-21H,1-3,6-7,11,13,16-17,19,33H2,(H,35,36,37);1,3-4,8-9,16-17,20,22H,2,5-7,10-15,18-19,31H2,(H,33,34,35);2,5-6,9-10,14-15,19-20H,1,3-4,7-8,11-13,16-18,30H2,(H,32,33,34);2,5-6,9-10,13-14,18-19H,1,3-4,7-8,11-12,15-17,29H2,(H,31,32,33). The lowest BCUT2D eigenvalue weighted by Gasteiger charge is -2.23. The third-order valence-corrected chi connectivity index (χ3v) is 29.9. The molecule has 0 radical (unpaired) electrons. The van der Waals surface area contributed by atoms with Crippen molar-refractivity contribution >= 4 is 80.4 Å². The molecule has 8 aliphatic carbocycles. The van der Waals surface area contributed by atoms with Crippen molar-refractivity contribution in [2.45, 2.75) is 276 Å². The Morgan fingerprint density at radius 3 is 0.899 bits per heavy atom. The highest BCUT2D eigenvalue weighted by atomic mass is 16.2. The summed E-state index contributed by atoms with van der Waals surface area (Å²) in [5.41, 5.74) is 52.5. The lowest BCUT2D eigenvalue weighted by Crippen LogP contribution is -2.20. The fraction of sp³-hybridized carbons (Fsp3) is 0.395. The number of aryl methyl sites for hydroxylation is 14. The molecule has 716 valence electrons. The van der Waals surface area contributed by atoms with Crippen molar-refractivity contribution in [2.75, 3.05) is 44.2 Å². The van der Waals surface area contributed by atoms with Crippen molar-refractivity contribution in [3.05, 3.63) is 296 Å². The average molecular weight is 1850 g/mol. The number of nitrogens with two attached hydrogens (primary N) is 4. The second kappa shape index (κ2) is 46.9. The molecule has 4 aromatic heterocycles. The van der Waals surface area contributed by atoms with Crippen LogP contribution in [0.15, 0.2) is 206 Å². The summed E-state index contributed by atoms with van der Waals surface area (Å²) in [5, 5.41) is 14.8. The molecule has 12 N–H and O–H groups in total. The molecule has 4 fully saturated rings. The Kier molecular flexibility index (Phi) is 32.3. The van der Waals surface area contributed by atoms with Gasteiger partial charge in [0.05, 0.1) is 81.2 Å². The van der Waals surface area contributed by atoms with E-state index in [2.05, 4.69) is 118 Å². The summed E-state index contributed by atoms with van der Waals surface area (Å²) < 4.78 is 0. The Labute approximate surface area is 819 Å². The number of hydrogen-bond acceptors (Lipinski definition) is 16. The van der Waals surface area contributed by atoms with Gasteiger partial charge in [-0.1, -0.05) is 286 Å². The first kappa shape index (κ1) is 95.9. The normalized spacial score (nSPS) is 15.4. The van der Waals surface area contributed by atoms with Gasteiger partial charge in [0.15, 0.2) is 23.3 Å². The van der Waals surface area contributed by atoms with E-state index in [-0.39, 0.29) is 23.6 Å².